The molecule has 0 radical (unpaired) electrons. The fraction of sp³-hybridized carbons (Fsp3) is 0.562. The second-order valence-corrected chi connectivity index (χ2v) is 6.04. The molecule has 0 heterocycles. The first-order valence-corrected chi connectivity index (χ1v) is 7.41. The van der Waals surface area contributed by atoms with Gasteiger partial charge in [-0.25, -0.2) is 0 Å². The van der Waals surface area contributed by atoms with E-state index >= 15 is 0 Å². The fourth-order valence-electron chi connectivity index (χ4n) is 3.17. The normalized spacial score (nSPS) is 22.9. The summed E-state index contributed by atoms with van der Waals surface area (Å²) >= 11 is 0. The Balaban J connectivity index is 2.08. The number of hydrogen-bond acceptors (Lipinski definition) is 3. The topological polar surface area (TPSA) is 72.3 Å². The van der Waals surface area contributed by atoms with Crippen molar-refractivity contribution >= 4 is 11.6 Å². The monoisotopic (exact) mass is 275 g/mol. The zero-order chi connectivity index (χ0) is 14.5. The molecule has 2 rings (SSSR count). The van der Waals surface area contributed by atoms with Gasteiger partial charge in [0, 0.05) is 18.3 Å². The summed E-state index contributed by atoms with van der Waals surface area (Å²) < 4.78 is 0. The van der Waals surface area contributed by atoms with Gasteiger partial charge in [0.2, 0.25) is 5.91 Å². The molecule has 0 spiro atoms. The van der Waals surface area contributed by atoms with Crippen LogP contribution in [-0.4, -0.2) is 23.4 Å². The number of anilines is 1. The fourth-order valence-corrected chi connectivity index (χ4v) is 3.17. The molecule has 0 aliphatic heterocycles. The van der Waals surface area contributed by atoms with E-state index in [1.165, 1.54) is 12.8 Å². The number of rotatable bonds is 5. The summed E-state index contributed by atoms with van der Waals surface area (Å²) in [6, 6.07) is 8.31. The Kier molecular flexibility index (Phi) is 5.01. The van der Waals surface area contributed by atoms with E-state index in [-0.39, 0.29) is 5.91 Å². The van der Waals surface area contributed by atoms with Crippen molar-refractivity contribution in [3.05, 3.63) is 29.8 Å². The van der Waals surface area contributed by atoms with Crippen molar-refractivity contribution in [2.24, 2.45) is 11.7 Å². The second-order valence-electron chi connectivity index (χ2n) is 6.04. The molecule has 1 aromatic rings. The Bertz CT molecular complexity index is 461. The number of primary amides is 1. The third-order valence-electron chi connectivity index (χ3n) is 4.12. The van der Waals surface area contributed by atoms with Crippen LogP contribution in [0, 0.1) is 5.92 Å². The standard InChI is InChI=1S/C16H25N3O/c1-12-4-2-7-15(8-12)19(11-16(18)20)10-13-5-3-6-14(17)9-13/h3,5-6,9,12,15H,2,4,7-8,10-11,17H2,1H3,(H2,18,20). The number of carbonyl (C=O) groups excluding carboxylic acids is 1. The summed E-state index contributed by atoms with van der Waals surface area (Å²) in [6.45, 7) is 3.35. The Morgan fingerprint density at radius 2 is 2.20 bits per heavy atom. The molecule has 20 heavy (non-hydrogen) atoms. The molecule has 1 aliphatic carbocycles. The summed E-state index contributed by atoms with van der Waals surface area (Å²) in [7, 11) is 0. The first-order chi connectivity index (χ1) is 9.54. The van der Waals surface area contributed by atoms with Crippen LogP contribution in [0.2, 0.25) is 0 Å². The SMILES string of the molecule is CC1CCCC(N(CC(N)=O)Cc2cccc(N)c2)C1. The van der Waals surface area contributed by atoms with E-state index in [9.17, 15) is 4.79 Å². The van der Waals surface area contributed by atoms with Crippen LogP contribution in [-0.2, 0) is 11.3 Å². The van der Waals surface area contributed by atoms with E-state index < -0.39 is 0 Å². The molecule has 1 saturated carbocycles. The number of hydrogen-bond donors (Lipinski definition) is 2. The van der Waals surface area contributed by atoms with Crippen LogP contribution >= 0.6 is 0 Å². The highest BCUT2D eigenvalue weighted by atomic mass is 16.1. The predicted octanol–water partition coefficient (Wildman–Crippen LogP) is 2.13. The average molecular weight is 275 g/mol. The first kappa shape index (κ1) is 14.9. The summed E-state index contributed by atoms with van der Waals surface area (Å²) in [5, 5.41) is 0. The van der Waals surface area contributed by atoms with E-state index in [1.54, 1.807) is 0 Å². The smallest absolute Gasteiger partial charge is 0.231 e. The maximum absolute atomic E-state index is 11.3. The van der Waals surface area contributed by atoms with Gasteiger partial charge in [0.15, 0.2) is 0 Å². The average Bonchev–Trinajstić information content (AvgIpc) is 2.37. The number of nitrogen functional groups attached to an aromatic ring is 1. The number of nitrogens with zero attached hydrogens (tertiary/aromatic N) is 1. The zero-order valence-corrected chi connectivity index (χ0v) is 12.2. The Labute approximate surface area is 121 Å². The quantitative estimate of drug-likeness (QED) is 0.809. The van der Waals surface area contributed by atoms with Crippen LogP contribution in [0.25, 0.3) is 0 Å². The van der Waals surface area contributed by atoms with Gasteiger partial charge in [-0.2, -0.15) is 0 Å². The summed E-state index contributed by atoms with van der Waals surface area (Å²) in [6.07, 6.45) is 4.83. The molecule has 4 nitrogen and oxygen atoms in total. The molecular formula is C16H25N3O. The largest absolute Gasteiger partial charge is 0.399 e. The first-order valence-electron chi connectivity index (χ1n) is 7.41. The Hall–Kier alpha value is -1.55. The number of carbonyl (C=O) groups is 1. The Morgan fingerprint density at radius 1 is 1.40 bits per heavy atom. The van der Waals surface area contributed by atoms with Crippen LogP contribution in [0.4, 0.5) is 5.69 Å². The van der Waals surface area contributed by atoms with Crippen LogP contribution < -0.4 is 11.5 Å². The van der Waals surface area contributed by atoms with E-state index in [1.807, 2.05) is 18.2 Å². The van der Waals surface area contributed by atoms with Gasteiger partial charge in [0.25, 0.3) is 0 Å². The van der Waals surface area contributed by atoms with Gasteiger partial charge in [-0.1, -0.05) is 31.9 Å². The highest BCUT2D eigenvalue weighted by Crippen LogP contribution is 2.28. The van der Waals surface area contributed by atoms with Crippen molar-refractivity contribution in [2.75, 3.05) is 12.3 Å². The molecule has 4 heteroatoms. The molecule has 0 aromatic heterocycles. The van der Waals surface area contributed by atoms with Crippen molar-refractivity contribution in [3.8, 4) is 0 Å². The van der Waals surface area contributed by atoms with Gasteiger partial charge >= 0.3 is 0 Å². The van der Waals surface area contributed by atoms with Crippen molar-refractivity contribution in [1.29, 1.82) is 0 Å². The highest BCUT2D eigenvalue weighted by Gasteiger charge is 2.25. The lowest BCUT2D eigenvalue weighted by Crippen LogP contribution is -2.42. The summed E-state index contributed by atoms with van der Waals surface area (Å²) in [4.78, 5) is 13.6. The van der Waals surface area contributed by atoms with E-state index in [2.05, 4.69) is 17.9 Å². The number of nitrogens with two attached hydrogens (primary N) is 2. The van der Waals surface area contributed by atoms with Gasteiger partial charge in [0.05, 0.1) is 6.54 Å². The maximum Gasteiger partial charge on any atom is 0.231 e. The molecular weight excluding hydrogens is 250 g/mol. The van der Waals surface area contributed by atoms with Crippen molar-refractivity contribution in [1.82, 2.24) is 4.90 Å². The molecule has 0 bridgehead atoms. The lowest BCUT2D eigenvalue weighted by molar-refractivity contribution is -0.120. The molecule has 110 valence electrons. The van der Waals surface area contributed by atoms with Crippen LogP contribution in [0.5, 0.6) is 0 Å². The van der Waals surface area contributed by atoms with Gasteiger partial charge < -0.3 is 11.5 Å². The summed E-state index contributed by atoms with van der Waals surface area (Å²) in [5.74, 6) is 0.470. The predicted molar refractivity (Wildman–Crippen MR) is 81.9 cm³/mol. The lowest BCUT2D eigenvalue weighted by Gasteiger charge is -2.36. The minimum atomic E-state index is -0.257. The lowest BCUT2D eigenvalue weighted by atomic mass is 9.86. The molecule has 2 atom stereocenters. The zero-order valence-electron chi connectivity index (χ0n) is 12.2. The third-order valence-corrected chi connectivity index (χ3v) is 4.12. The van der Waals surface area contributed by atoms with Gasteiger partial charge in [0.1, 0.15) is 0 Å². The highest BCUT2D eigenvalue weighted by molar-refractivity contribution is 5.76. The molecule has 1 fully saturated rings. The van der Waals surface area contributed by atoms with Crippen LogP contribution in [0.15, 0.2) is 24.3 Å². The number of amides is 1. The Morgan fingerprint density at radius 3 is 2.85 bits per heavy atom. The van der Waals surface area contributed by atoms with Crippen molar-refractivity contribution < 1.29 is 4.79 Å². The molecule has 1 amide bonds. The van der Waals surface area contributed by atoms with Crippen LogP contribution in [0.1, 0.15) is 38.2 Å². The maximum atomic E-state index is 11.3. The minimum absolute atomic E-state index is 0.257. The van der Waals surface area contributed by atoms with Gasteiger partial charge in [-0.15, -0.1) is 0 Å². The van der Waals surface area contributed by atoms with E-state index in [0.717, 1.165) is 36.6 Å². The second kappa shape index (κ2) is 6.75. The van der Waals surface area contributed by atoms with E-state index in [4.69, 9.17) is 11.5 Å². The molecule has 1 aliphatic rings. The van der Waals surface area contributed by atoms with Crippen LogP contribution in [0.3, 0.4) is 0 Å². The number of benzene rings is 1. The summed E-state index contributed by atoms with van der Waals surface area (Å²) in [5.41, 5.74) is 13.1. The van der Waals surface area contributed by atoms with Gasteiger partial charge in [-0.3, -0.25) is 9.69 Å². The minimum Gasteiger partial charge on any atom is -0.399 e. The van der Waals surface area contributed by atoms with Crippen molar-refractivity contribution in [2.45, 2.75) is 45.2 Å². The molecule has 0 saturated heterocycles. The van der Waals surface area contributed by atoms with E-state index in [0.29, 0.717) is 12.6 Å². The third kappa shape index (κ3) is 4.23. The molecule has 2 unspecified atom stereocenters. The van der Waals surface area contributed by atoms with Gasteiger partial charge in [-0.05, 0) is 36.5 Å². The molecule has 4 N–H and O–H groups in total. The van der Waals surface area contributed by atoms with Crippen molar-refractivity contribution in [3.63, 3.8) is 0 Å². The molecule has 1 aromatic carbocycles.